The van der Waals surface area contributed by atoms with Crippen LogP contribution in [0.15, 0.2) is 72.8 Å². The number of hydrogen-bond acceptors (Lipinski definition) is 4. The van der Waals surface area contributed by atoms with Gasteiger partial charge in [0, 0.05) is 34.1 Å². The number of benzene rings is 3. The van der Waals surface area contributed by atoms with Crippen molar-refractivity contribution in [2.45, 2.75) is 0 Å². The van der Waals surface area contributed by atoms with Crippen molar-refractivity contribution in [3.05, 3.63) is 88.3 Å². The van der Waals surface area contributed by atoms with Crippen molar-refractivity contribution in [3.8, 4) is 5.75 Å². The molecular weight excluding hydrogens is 432 g/mol. The van der Waals surface area contributed by atoms with Crippen LogP contribution in [0.4, 0.5) is 11.4 Å². The van der Waals surface area contributed by atoms with Crippen LogP contribution in [0.2, 0.25) is 5.02 Å². The van der Waals surface area contributed by atoms with E-state index in [4.69, 9.17) is 16.3 Å². The van der Waals surface area contributed by atoms with Crippen LogP contribution in [0.25, 0.3) is 10.1 Å². The number of para-hydroxylation sites is 1. The number of nitrogens with zero attached hydrogens (tertiary/aromatic N) is 1. The number of amides is 2. The molecule has 1 aromatic heterocycles. The van der Waals surface area contributed by atoms with Gasteiger partial charge in [0.15, 0.2) is 0 Å². The summed E-state index contributed by atoms with van der Waals surface area (Å²) in [6.07, 6.45) is 0. The molecule has 0 unspecified atom stereocenters. The van der Waals surface area contributed by atoms with E-state index in [1.165, 1.54) is 11.3 Å². The number of fused-ring (bicyclic) bond motifs is 1. The zero-order valence-electron chi connectivity index (χ0n) is 16.9. The molecule has 0 saturated carbocycles. The molecule has 0 saturated heterocycles. The molecule has 7 heteroatoms. The molecule has 0 spiro atoms. The number of methoxy groups -OCH3 is 1. The Morgan fingerprint density at radius 3 is 2.52 bits per heavy atom. The molecule has 156 valence electrons. The average Bonchev–Trinajstić information content (AvgIpc) is 3.14. The molecule has 4 aromatic rings. The van der Waals surface area contributed by atoms with Gasteiger partial charge in [-0.25, -0.2) is 0 Å². The van der Waals surface area contributed by atoms with Gasteiger partial charge < -0.3 is 15.0 Å². The molecule has 0 radical (unpaired) electrons. The summed E-state index contributed by atoms with van der Waals surface area (Å²) in [5, 5.41) is 4.04. The van der Waals surface area contributed by atoms with E-state index in [0.29, 0.717) is 26.9 Å². The largest absolute Gasteiger partial charge is 0.497 e. The van der Waals surface area contributed by atoms with Crippen LogP contribution in [0.3, 0.4) is 0 Å². The zero-order valence-corrected chi connectivity index (χ0v) is 18.5. The van der Waals surface area contributed by atoms with E-state index >= 15 is 0 Å². The van der Waals surface area contributed by atoms with Crippen LogP contribution < -0.4 is 15.0 Å². The highest BCUT2D eigenvalue weighted by molar-refractivity contribution is 7.21. The smallest absolute Gasteiger partial charge is 0.267 e. The fraction of sp³-hybridized carbons (Fsp3) is 0.0833. The fourth-order valence-corrected chi connectivity index (χ4v) is 4.64. The summed E-state index contributed by atoms with van der Waals surface area (Å²) in [7, 11) is 3.31. The molecule has 0 aliphatic rings. The molecule has 0 aliphatic carbocycles. The number of ether oxygens (including phenoxy) is 1. The number of anilines is 2. The molecule has 2 amide bonds. The van der Waals surface area contributed by atoms with E-state index in [1.807, 2.05) is 42.5 Å². The maximum absolute atomic E-state index is 12.9. The molecule has 0 fully saturated rings. The molecule has 0 atom stereocenters. The molecule has 0 aliphatic heterocycles. The third-order valence-corrected chi connectivity index (χ3v) is 6.51. The van der Waals surface area contributed by atoms with Gasteiger partial charge in [0.1, 0.15) is 10.6 Å². The number of carbonyl (C=O) groups excluding carboxylic acids is 2. The summed E-state index contributed by atoms with van der Waals surface area (Å²) in [6.45, 7) is 0. The Labute approximate surface area is 188 Å². The van der Waals surface area contributed by atoms with Crippen LogP contribution in [-0.2, 0) is 0 Å². The third kappa shape index (κ3) is 4.26. The highest BCUT2D eigenvalue weighted by Crippen LogP contribution is 2.37. The lowest BCUT2D eigenvalue weighted by atomic mass is 10.1. The molecular formula is C24H19ClN2O3S. The van der Waals surface area contributed by atoms with Crippen molar-refractivity contribution in [2.75, 3.05) is 24.4 Å². The first kappa shape index (κ1) is 20.9. The number of rotatable bonds is 5. The van der Waals surface area contributed by atoms with Crippen molar-refractivity contribution in [2.24, 2.45) is 0 Å². The lowest BCUT2D eigenvalue weighted by Crippen LogP contribution is -2.26. The SMILES string of the molecule is COc1ccc2c(Cl)c(C(=O)Nc3cccc(C(=O)N(C)c4ccccc4)c3)sc2c1. The summed E-state index contributed by atoms with van der Waals surface area (Å²) in [6, 6.07) is 21.7. The first-order valence-corrected chi connectivity index (χ1v) is 10.7. The Hall–Kier alpha value is -3.35. The fourth-order valence-electron chi connectivity index (χ4n) is 3.20. The van der Waals surface area contributed by atoms with Crippen LogP contribution >= 0.6 is 22.9 Å². The van der Waals surface area contributed by atoms with Gasteiger partial charge in [-0.15, -0.1) is 11.3 Å². The van der Waals surface area contributed by atoms with E-state index in [0.717, 1.165) is 15.8 Å². The number of halogens is 1. The second-order valence-electron chi connectivity index (χ2n) is 6.84. The predicted octanol–water partition coefficient (Wildman–Crippen LogP) is 6.09. The summed E-state index contributed by atoms with van der Waals surface area (Å²) in [5.74, 6) is 0.201. The average molecular weight is 451 g/mol. The first-order valence-electron chi connectivity index (χ1n) is 9.48. The van der Waals surface area contributed by atoms with Gasteiger partial charge in [0.2, 0.25) is 0 Å². The summed E-state index contributed by atoms with van der Waals surface area (Å²) >= 11 is 7.75. The van der Waals surface area contributed by atoms with Gasteiger partial charge in [0.25, 0.3) is 11.8 Å². The van der Waals surface area contributed by atoms with Gasteiger partial charge in [-0.3, -0.25) is 9.59 Å². The monoisotopic (exact) mass is 450 g/mol. The van der Waals surface area contributed by atoms with Gasteiger partial charge >= 0.3 is 0 Å². The highest BCUT2D eigenvalue weighted by atomic mass is 35.5. The minimum absolute atomic E-state index is 0.172. The van der Waals surface area contributed by atoms with Gasteiger partial charge in [-0.2, -0.15) is 0 Å². The Balaban J connectivity index is 1.56. The molecule has 0 bridgehead atoms. The number of hydrogen-bond donors (Lipinski definition) is 1. The van der Waals surface area contributed by atoms with Crippen LogP contribution in [0, 0.1) is 0 Å². The lowest BCUT2D eigenvalue weighted by molar-refractivity contribution is 0.0990. The van der Waals surface area contributed by atoms with Crippen LogP contribution in [-0.4, -0.2) is 26.0 Å². The summed E-state index contributed by atoms with van der Waals surface area (Å²) < 4.78 is 6.11. The van der Waals surface area contributed by atoms with Gasteiger partial charge in [-0.05, 0) is 48.5 Å². The standard InChI is InChI=1S/C24H19ClN2O3S/c1-27(17-9-4-3-5-10-17)24(29)15-7-6-8-16(13-15)26-23(28)22-21(25)19-12-11-18(30-2)14-20(19)31-22/h3-14H,1-2H3,(H,26,28). The lowest BCUT2D eigenvalue weighted by Gasteiger charge is -2.17. The minimum atomic E-state index is -0.328. The van der Waals surface area contributed by atoms with Gasteiger partial charge in [0.05, 0.1) is 12.1 Å². The molecule has 4 rings (SSSR count). The second-order valence-corrected chi connectivity index (χ2v) is 8.27. The normalized spacial score (nSPS) is 10.7. The van der Waals surface area contributed by atoms with E-state index in [-0.39, 0.29) is 11.8 Å². The molecule has 3 aromatic carbocycles. The molecule has 31 heavy (non-hydrogen) atoms. The van der Waals surface area contributed by atoms with E-state index in [2.05, 4.69) is 5.32 Å². The Bertz CT molecular complexity index is 1270. The van der Waals surface area contributed by atoms with Gasteiger partial charge in [-0.1, -0.05) is 35.9 Å². The van der Waals surface area contributed by atoms with Crippen molar-refractivity contribution in [1.82, 2.24) is 0 Å². The predicted molar refractivity (Wildman–Crippen MR) is 127 cm³/mol. The topological polar surface area (TPSA) is 58.6 Å². The highest BCUT2D eigenvalue weighted by Gasteiger charge is 2.19. The van der Waals surface area contributed by atoms with Crippen molar-refractivity contribution < 1.29 is 14.3 Å². The molecule has 1 N–H and O–H groups in total. The van der Waals surface area contributed by atoms with E-state index in [1.54, 1.807) is 49.4 Å². The van der Waals surface area contributed by atoms with E-state index in [9.17, 15) is 9.59 Å². The Morgan fingerprint density at radius 1 is 1.00 bits per heavy atom. The molecule has 5 nitrogen and oxygen atoms in total. The minimum Gasteiger partial charge on any atom is -0.497 e. The summed E-state index contributed by atoms with van der Waals surface area (Å²) in [4.78, 5) is 27.7. The van der Waals surface area contributed by atoms with Crippen molar-refractivity contribution in [3.63, 3.8) is 0 Å². The maximum Gasteiger partial charge on any atom is 0.267 e. The summed E-state index contributed by atoms with van der Waals surface area (Å²) in [5.41, 5.74) is 1.77. The number of nitrogens with one attached hydrogen (secondary N) is 1. The number of thiophene rings is 1. The van der Waals surface area contributed by atoms with Crippen molar-refractivity contribution in [1.29, 1.82) is 0 Å². The first-order chi connectivity index (χ1) is 15.0. The third-order valence-electron chi connectivity index (χ3n) is 4.86. The quantitative estimate of drug-likeness (QED) is 0.400. The Morgan fingerprint density at radius 2 is 1.77 bits per heavy atom. The maximum atomic E-state index is 12.9. The van der Waals surface area contributed by atoms with Crippen molar-refractivity contribution >= 4 is 56.2 Å². The second kappa shape index (κ2) is 8.79. The molecule has 1 heterocycles. The Kier molecular flexibility index (Phi) is 5.93. The van der Waals surface area contributed by atoms with Crippen LogP contribution in [0.1, 0.15) is 20.0 Å². The zero-order chi connectivity index (χ0) is 22.0. The van der Waals surface area contributed by atoms with E-state index < -0.39 is 0 Å². The number of carbonyl (C=O) groups is 2. The van der Waals surface area contributed by atoms with Crippen LogP contribution in [0.5, 0.6) is 5.75 Å².